The first-order chi connectivity index (χ1) is 12.2. The third-order valence-corrected chi connectivity index (χ3v) is 4.39. The molecule has 2 heterocycles. The van der Waals surface area contributed by atoms with Gasteiger partial charge in [0.15, 0.2) is 11.6 Å². The zero-order chi connectivity index (χ0) is 17.4. The Morgan fingerprint density at radius 2 is 2.08 bits per heavy atom. The maximum atomic E-state index is 11.7. The molecule has 25 heavy (non-hydrogen) atoms. The second kappa shape index (κ2) is 6.27. The highest BCUT2D eigenvalue weighted by Crippen LogP contribution is 2.32. The molecule has 4 rings (SSSR count). The van der Waals surface area contributed by atoms with Gasteiger partial charge in [-0.1, -0.05) is 19.1 Å². The maximum absolute atomic E-state index is 11.7. The van der Waals surface area contributed by atoms with Crippen molar-refractivity contribution >= 4 is 39.4 Å². The fraction of sp³-hybridized carbons (Fsp3) is 0.368. The molecule has 0 radical (unpaired) electrons. The average molecular weight is 335 g/mol. The molecule has 2 N–H and O–H groups in total. The van der Waals surface area contributed by atoms with Gasteiger partial charge in [0, 0.05) is 35.1 Å². The molecule has 1 aromatic carbocycles. The van der Waals surface area contributed by atoms with Crippen LogP contribution in [0.3, 0.4) is 0 Å². The van der Waals surface area contributed by atoms with Crippen molar-refractivity contribution in [3.05, 3.63) is 30.0 Å². The molecule has 0 saturated heterocycles. The van der Waals surface area contributed by atoms with Gasteiger partial charge in [0.2, 0.25) is 5.95 Å². The second-order valence-electron chi connectivity index (χ2n) is 6.55. The smallest absolute Gasteiger partial charge is 0.223 e. The Hall–Kier alpha value is -2.76. The number of hydrogen-bond donors (Lipinski definition) is 2. The van der Waals surface area contributed by atoms with E-state index in [-0.39, 0.29) is 5.78 Å². The van der Waals surface area contributed by atoms with Crippen LogP contribution in [0.25, 0.3) is 21.8 Å². The predicted octanol–water partition coefficient (Wildman–Crippen LogP) is 3.78. The Bertz CT molecular complexity index is 965. The van der Waals surface area contributed by atoms with Crippen LogP contribution in [0.5, 0.6) is 0 Å². The van der Waals surface area contributed by atoms with Crippen LogP contribution >= 0.6 is 0 Å². The van der Waals surface area contributed by atoms with Gasteiger partial charge in [-0.25, -0.2) is 15.0 Å². The summed E-state index contributed by atoms with van der Waals surface area (Å²) >= 11 is 0. The SMILES string of the molecule is CCCNc1ncc2c(n1)c(NC1CC1)nc1cc(C(C)=O)ccc12. The van der Waals surface area contributed by atoms with Gasteiger partial charge in [-0.2, -0.15) is 0 Å². The molecular formula is C19H21N5O. The van der Waals surface area contributed by atoms with Crippen LogP contribution in [0.2, 0.25) is 0 Å². The van der Waals surface area contributed by atoms with Gasteiger partial charge in [-0.15, -0.1) is 0 Å². The Labute approximate surface area is 146 Å². The monoisotopic (exact) mass is 335 g/mol. The van der Waals surface area contributed by atoms with Gasteiger partial charge in [-0.3, -0.25) is 4.79 Å². The van der Waals surface area contributed by atoms with E-state index in [9.17, 15) is 4.79 Å². The van der Waals surface area contributed by atoms with Crippen LogP contribution in [-0.2, 0) is 0 Å². The highest BCUT2D eigenvalue weighted by Gasteiger charge is 2.23. The Morgan fingerprint density at radius 1 is 1.24 bits per heavy atom. The van der Waals surface area contributed by atoms with E-state index in [0.717, 1.165) is 53.4 Å². The summed E-state index contributed by atoms with van der Waals surface area (Å²) in [4.78, 5) is 25.6. The van der Waals surface area contributed by atoms with E-state index in [2.05, 4.69) is 27.5 Å². The number of anilines is 2. The molecule has 6 nitrogen and oxygen atoms in total. The number of carbonyl (C=O) groups is 1. The average Bonchev–Trinajstić information content (AvgIpc) is 3.43. The van der Waals surface area contributed by atoms with Crippen molar-refractivity contribution in [1.82, 2.24) is 15.0 Å². The second-order valence-corrected chi connectivity index (χ2v) is 6.55. The van der Waals surface area contributed by atoms with E-state index < -0.39 is 0 Å². The highest BCUT2D eigenvalue weighted by atomic mass is 16.1. The highest BCUT2D eigenvalue weighted by molar-refractivity contribution is 6.10. The quantitative estimate of drug-likeness (QED) is 0.527. The maximum Gasteiger partial charge on any atom is 0.223 e. The van der Waals surface area contributed by atoms with Crippen LogP contribution in [0, 0.1) is 0 Å². The first kappa shape index (κ1) is 15.7. The summed E-state index contributed by atoms with van der Waals surface area (Å²) in [6.07, 6.45) is 5.16. The number of rotatable bonds is 6. The molecule has 1 aliphatic rings. The topological polar surface area (TPSA) is 79.8 Å². The van der Waals surface area contributed by atoms with Gasteiger partial charge in [0.1, 0.15) is 5.52 Å². The third kappa shape index (κ3) is 3.12. The summed E-state index contributed by atoms with van der Waals surface area (Å²) in [5, 5.41) is 8.61. The lowest BCUT2D eigenvalue weighted by molar-refractivity contribution is 0.101. The van der Waals surface area contributed by atoms with Crippen LogP contribution in [0.15, 0.2) is 24.4 Å². The van der Waals surface area contributed by atoms with Crippen molar-refractivity contribution in [2.24, 2.45) is 0 Å². The Balaban J connectivity index is 1.91. The standard InChI is InChI=1S/C19H21N5O/c1-3-8-20-19-21-10-15-14-7-4-12(11(2)25)9-16(14)23-18(17(15)24-19)22-13-5-6-13/h4,7,9-10,13H,3,5-6,8H2,1-2H3,(H,22,23)(H,20,21,24). The molecule has 1 aliphatic carbocycles. The van der Waals surface area contributed by atoms with Gasteiger partial charge in [0.05, 0.1) is 5.52 Å². The van der Waals surface area contributed by atoms with Gasteiger partial charge < -0.3 is 10.6 Å². The van der Waals surface area contributed by atoms with Crippen molar-refractivity contribution in [3.8, 4) is 0 Å². The van der Waals surface area contributed by atoms with E-state index in [1.807, 2.05) is 24.4 Å². The molecule has 0 bridgehead atoms. The first-order valence-corrected chi connectivity index (χ1v) is 8.77. The molecule has 3 aromatic rings. The molecule has 1 fully saturated rings. The normalized spacial score (nSPS) is 14.0. The van der Waals surface area contributed by atoms with E-state index in [0.29, 0.717) is 17.6 Å². The fourth-order valence-electron chi connectivity index (χ4n) is 2.85. The molecule has 1 saturated carbocycles. The molecule has 6 heteroatoms. The minimum atomic E-state index is 0.0378. The van der Waals surface area contributed by atoms with Crippen molar-refractivity contribution in [2.45, 2.75) is 39.2 Å². The molecule has 0 amide bonds. The van der Waals surface area contributed by atoms with Crippen molar-refractivity contribution in [3.63, 3.8) is 0 Å². The van der Waals surface area contributed by atoms with Crippen molar-refractivity contribution in [1.29, 1.82) is 0 Å². The molecule has 128 valence electrons. The number of hydrogen-bond acceptors (Lipinski definition) is 6. The van der Waals surface area contributed by atoms with Gasteiger partial charge >= 0.3 is 0 Å². The number of nitrogens with zero attached hydrogens (tertiary/aromatic N) is 3. The number of carbonyl (C=O) groups excluding carboxylic acids is 1. The van der Waals surface area contributed by atoms with E-state index in [4.69, 9.17) is 4.98 Å². The lowest BCUT2D eigenvalue weighted by Gasteiger charge is -2.12. The van der Waals surface area contributed by atoms with Crippen LogP contribution in [-0.4, -0.2) is 33.3 Å². The summed E-state index contributed by atoms with van der Waals surface area (Å²) in [6, 6.07) is 6.08. The zero-order valence-corrected chi connectivity index (χ0v) is 14.5. The number of fused-ring (bicyclic) bond motifs is 3. The summed E-state index contributed by atoms with van der Waals surface area (Å²) in [5.74, 6) is 1.43. The lowest BCUT2D eigenvalue weighted by Crippen LogP contribution is -2.08. The largest absolute Gasteiger partial charge is 0.366 e. The van der Waals surface area contributed by atoms with E-state index >= 15 is 0 Å². The van der Waals surface area contributed by atoms with Crippen LogP contribution in [0.4, 0.5) is 11.8 Å². The first-order valence-electron chi connectivity index (χ1n) is 8.77. The Morgan fingerprint density at radius 3 is 2.80 bits per heavy atom. The number of Topliss-reactive ketones (excluding diaryl/α,β-unsaturated/α-hetero) is 1. The van der Waals surface area contributed by atoms with Crippen molar-refractivity contribution in [2.75, 3.05) is 17.2 Å². The molecule has 0 spiro atoms. The number of benzene rings is 1. The lowest BCUT2D eigenvalue weighted by atomic mass is 10.1. The number of pyridine rings is 1. The van der Waals surface area contributed by atoms with Gasteiger partial charge in [0.25, 0.3) is 0 Å². The third-order valence-electron chi connectivity index (χ3n) is 4.39. The summed E-state index contributed by atoms with van der Waals surface area (Å²) in [6.45, 7) is 4.51. The zero-order valence-electron chi connectivity index (χ0n) is 14.5. The number of ketones is 1. The number of nitrogens with one attached hydrogen (secondary N) is 2. The minimum absolute atomic E-state index is 0.0378. The van der Waals surface area contributed by atoms with Crippen LogP contribution < -0.4 is 10.6 Å². The fourth-order valence-corrected chi connectivity index (χ4v) is 2.85. The van der Waals surface area contributed by atoms with Crippen LogP contribution in [0.1, 0.15) is 43.5 Å². The summed E-state index contributed by atoms with van der Waals surface area (Å²) in [5.41, 5.74) is 2.28. The summed E-state index contributed by atoms with van der Waals surface area (Å²) in [7, 11) is 0. The van der Waals surface area contributed by atoms with E-state index in [1.165, 1.54) is 0 Å². The van der Waals surface area contributed by atoms with Crippen molar-refractivity contribution < 1.29 is 4.79 Å². The molecule has 0 unspecified atom stereocenters. The Kier molecular flexibility index (Phi) is 3.95. The molecule has 0 aliphatic heterocycles. The predicted molar refractivity (Wildman–Crippen MR) is 100 cm³/mol. The minimum Gasteiger partial charge on any atom is -0.366 e. The summed E-state index contributed by atoms with van der Waals surface area (Å²) < 4.78 is 0. The van der Waals surface area contributed by atoms with E-state index in [1.54, 1.807) is 6.92 Å². The molecule has 0 atom stereocenters. The molecular weight excluding hydrogens is 314 g/mol. The number of aromatic nitrogens is 3. The molecule has 2 aromatic heterocycles. The van der Waals surface area contributed by atoms with Gasteiger partial charge in [-0.05, 0) is 32.3 Å².